The molecule has 3 heterocycles. The summed E-state index contributed by atoms with van der Waals surface area (Å²) < 4.78 is 34.4. The Balaban J connectivity index is 1.33. The standard InChI is InChI=1S/C73H139NO18/c1-3-5-7-9-11-13-15-17-19-20-21-22-23-24-25-26-27-28-29-30-31-32-33-34-35-36-37-39-41-43-45-47-49-51-61(79)74-56(57(78)50-48-46-44-42-40-38-18-16-14-12-10-8-6-4-2)55-87-71-67(85)64(82)69(59(53-76)89-71)92-73-68(86)65(83)70(60(54-77)90-73)91-72-66(84)63(81)62(80)58(52-75)88-72/h48,50,56-60,62-73,75-78,80-86H,3-47,49,51-55H2,1-2H3,(H,74,79)/b50-48+. The molecule has 544 valence electrons. The number of unbranched alkanes of at least 4 members (excludes halogenated alkanes) is 44. The van der Waals surface area contributed by atoms with Crippen LogP contribution in [0.4, 0.5) is 0 Å². The number of aliphatic hydroxyl groups excluding tert-OH is 11. The van der Waals surface area contributed by atoms with Crippen molar-refractivity contribution in [2.24, 2.45) is 0 Å². The molecule has 0 aliphatic carbocycles. The Bertz CT molecular complexity index is 1720. The van der Waals surface area contributed by atoms with Crippen LogP contribution in [-0.2, 0) is 33.2 Å². The molecule has 19 nitrogen and oxygen atoms in total. The number of aliphatic hydroxyl groups is 11. The van der Waals surface area contributed by atoms with Crippen LogP contribution in [0.1, 0.15) is 316 Å². The summed E-state index contributed by atoms with van der Waals surface area (Å²) in [5.74, 6) is -0.269. The zero-order chi connectivity index (χ0) is 66.8. The Morgan fingerprint density at radius 1 is 0.380 bits per heavy atom. The number of ether oxygens (including phenoxy) is 6. The van der Waals surface area contributed by atoms with E-state index in [0.29, 0.717) is 6.42 Å². The monoisotopic (exact) mass is 1320 g/mol. The quantitative estimate of drug-likeness (QED) is 0.0199. The van der Waals surface area contributed by atoms with Gasteiger partial charge in [-0.15, -0.1) is 0 Å². The predicted octanol–water partition coefficient (Wildman–Crippen LogP) is 11.2. The number of rotatable bonds is 60. The Kier molecular flexibility index (Phi) is 51.0. The van der Waals surface area contributed by atoms with Crippen molar-refractivity contribution in [3.05, 3.63) is 12.2 Å². The van der Waals surface area contributed by atoms with Gasteiger partial charge in [0.2, 0.25) is 5.91 Å². The van der Waals surface area contributed by atoms with E-state index < -0.39 is 124 Å². The van der Waals surface area contributed by atoms with Gasteiger partial charge in [-0.05, 0) is 19.3 Å². The minimum Gasteiger partial charge on any atom is -0.394 e. The second-order valence-electron chi connectivity index (χ2n) is 27.5. The van der Waals surface area contributed by atoms with Crippen LogP contribution in [0.5, 0.6) is 0 Å². The molecular formula is C73H139NO18. The summed E-state index contributed by atoms with van der Waals surface area (Å²) in [4.78, 5) is 13.4. The first-order valence-electron chi connectivity index (χ1n) is 37.9. The molecule has 17 unspecified atom stereocenters. The predicted molar refractivity (Wildman–Crippen MR) is 360 cm³/mol. The Morgan fingerprint density at radius 2 is 0.674 bits per heavy atom. The van der Waals surface area contributed by atoms with Crippen molar-refractivity contribution in [3.63, 3.8) is 0 Å². The lowest BCUT2D eigenvalue weighted by atomic mass is 9.96. The van der Waals surface area contributed by atoms with Gasteiger partial charge in [0, 0.05) is 6.42 Å². The van der Waals surface area contributed by atoms with Crippen molar-refractivity contribution >= 4 is 5.91 Å². The van der Waals surface area contributed by atoms with Crippen LogP contribution in [0.3, 0.4) is 0 Å². The molecule has 0 radical (unpaired) electrons. The molecule has 3 rings (SSSR count). The largest absolute Gasteiger partial charge is 0.394 e. The zero-order valence-electron chi connectivity index (χ0n) is 57.8. The molecule has 0 aromatic carbocycles. The summed E-state index contributed by atoms with van der Waals surface area (Å²) in [5.41, 5.74) is 0. The molecule has 92 heavy (non-hydrogen) atoms. The number of amides is 1. The first-order valence-corrected chi connectivity index (χ1v) is 37.9. The van der Waals surface area contributed by atoms with Gasteiger partial charge < -0.3 is 89.9 Å². The van der Waals surface area contributed by atoms with E-state index in [1.807, 2.05) is 6.08 Å². The topological polar surface area (TPSA) is 307 Å². The molecule has 17 atom stereocenters. The van der Waals surface area contributed by atoms with Crippen LogP contribution in [0.25, 0.3) is 0 Å². The molecular weight excluding hydrogens is 1180 g/mol. The van der Waals surface area contributed by atoms with Crippen molar-refractivity contribution in [1.29, 1.82) is 0 Å². The van der Waals surface area contributed by atoms with Gasteiger partial charge in [-0.1, -0.05) is 302 Å². The normalized spacial score (nSPS) is 27.7. The lowest BCUT2D eigenvalue weighted by molar-refractivity contribution is -0.379. The fraction of sp³-hybridized carbons (Fsp3) is 0.959. The zero-order valence-corrected chi connectivity index (χ0v) is 57.8. The number of hydrogen-bond donors (Lipinski definition) is 12. The molecule has 12 N–H and O–H groups in total. The van der Waals surface area contributed by atoms with Crippen molar-refractivity contribution in [3.8, 4) is 0 Å². The maximum absolute atomic E-state index is 13.4. The van der Waals surface area contributed by atoms with Crippen molar-refractivity contribution in [2.45, 2.75) is 420 Å². The third-order valence-corrected chi connectivity index (χ3v) is 19.3. The van der Waals surface area contributed by atoms with E-state index in [2.05, 4.69) is 19.2 Å². The highest BCUT2D eigenvalue weighted by molar-refractivity contribution is 5.76. The lowest BCUT2D eigenvalue weighted by Gasteiger charge is -2.48. The fourth-order valence-corrected chi connectivity index (χ4v) is 13.2. The van der Waals surface area contributed by atoms with Crippen LogP contribution in [0.2, 0.25) is 0 Å². The summed E-state index contributed by atoms with van der Waals surface area (Å²) >= 11 is 0. The molecule has 3 fully saturated rings. The first-order chi connectivity index (χ1) is 44.8. The molecule has 0 aromatic heterocycles. The molecule has 3 aliphatic rings. The van der Waals surface area contributed by atoms with Gasteiger partial charge in [0.05, 0.1) is 38.6 Å². The fourth-order valence-electron chi connectivity index (χ4n) is 13.2. The smallest absolute Gasteiger partial charge is 0.220 e. The molecule has 3 aliphatic heterocycles. The maximum atomic E-state index is 13.4. The minimum absolute atomic E-state index is 0.250. The SMILES string of the molecule is CCCCCCCCCCCCCC/C=C/C(O)C(COC1OC(CO)C(OC2OC(CO)C(OC3OC(CO)C(O)C(O)C3O)C(O)C2O)C(O)C1O)NC(=O)CCCCCCCCCCCCCCCCCCCCCCCCCCCCCCCCCCC. The third-order valence-electron chi connectivity index (χ3n) is 19.3. The molecule has 19 heteroatoms. The van der Waals surface area contributed by atoms with Gasteiger partial charge in [0.25, 0.3) is 0 Å². The lowest BCUT2D eigenvalue weighted by Crippen LogP contribution is -2.66. The van der Waals surface area contributed by atoms with Gasteiger partial charge in [0.15, 0.2) is 18.9 Å². The Labute approximate surface area is 556 Å². The van der Waals surface area contributed by atoms with Crippen molar-refractivity contribution < 1.29 is 89.4 Å². The van der Waals surface area contributed by atoms with Gasteiger partial charge in [0.1, 0.15) is 73.2 Å². The average Bonchev–Trinajstić information content (AvgIpc) is 0.852. The van der Waals surface area contributed by atoms with Crippen LogP contribution < -0.4 is 5.32 Å². The maximum Gasteiger partial charge on any atom is 0.220 e. The Morgan fingerprint density at radius 3 is 1.02 bits per heavy atom. The van der Waals surface area contributed by atoms with Crippen LogP contribution in [-0.4, -0.2) is 193 Å². The molecule has 1 amide bonds. The van der Waals surface area contributed by atoms with E-state index >= 15 is 0 Å². The van der Waals surface area contributed by atoms with E-state index in [9.17, 15) is 61.0 Å². The summed E-state index contributed by atoms with van der Waals surface area (Å²) in [6.45, 7) is 1.77. The molecule has 0 aromatic rings. The second-order valence-corrected chi connectivity index (χ2v) is 27.5. The minimum atomic E-state index is -1.98. The van der Waals surface area contributed by atoms with E-state index in [1.165, 1.54) is 244 Å². The van der Waals surface area contributed by atoms with E-state index in [-0.39, 0.29) is 18.9 Å². The van der Waals surface area contributed by atoms with Gasteiger partial charge in [-0.3, -0.25) is 4.79 Å². The van der Waals surface area contributed by atoms with Crippen LogP contribution >= 0.6 is 0 Å². The molecule has 0 saturated carbocycles. The molecule has 0 bridgehead atoms. The number of carbonyl (C=O) groups excluding carboxylic acids is 1. The number of allylic oxidation sites excluding steroid dienone is 1. The number of hydrogen-bond acceptors (Lipinski definition) is 18. The average molecular weight is 1320 g/mol. The van der Waals surface area contributed by atoms with Gasteiger partial charge >= 0.3 is 0 Å². The highest BCUT2D eigenvalue weighted by Gasteiger charge is 2.53. The van der Waals surface area contributed by atoms with Crippen LogP contribution in [0.15, 0.2) is 12.2 Å². The summed E-state index contributed by atoms with van der Waals surface area (Å²) in [6.07, 6.45) is 36.5. The highest BCUT2D eigenvalue weighted by Crippen LogP contribution is 2.33. The van der Waals surface area contributed by atoms with Crippen molar-refractivity contribution in [1.82, 2.24) is 5.32 Å². The number of carbonyl (C=O) groups is 1. The third kappa shape index (κ3) is 36.4. The first kappa shape index (κ1) is 84.8. The summed E-state index contributed by atoms with van der Waals surface area (Å²) in [7, 11) is 0. The summed E-state index contributed by atoms with van der Waals surface area (Å²) in [6, 6.07) is -0.968. The summed E-state index contributed by atoms with van der Waals surface area (Å²) in [5, 5.41) is 121. The van der Waals surface area contributed by atoms with Crippen LogP contribution in [0, 0.1) is 0 Å². The van der Waals surface area contributed by atoms with Gasteiger partial charge in [-0.25, -0.2) is 0 Å². The van der Waals surface area contributed by atoms with Gasteiger partial charge in [-0.2, -0.15) is 0 Å². The highest BCUT2D eigenvalue weighted by atomic mass is 16.8. The van der Waals surface area contributed by atoms with E-state index in [4.69, 9.17) is 28.4 Å². The van der Waals surface area contributed by atoms with Crippen molar-refractivity contribution in [2.75, 3.05) is 26.4 Å². The molecule has 0 spiro atoms. The number of nitrogens with one attached hydrogen (secondary N) is 1. The van der Waals surface area contributed by atoms with E-state index in [1.54, 1.807) is 6.08 Å². The van der Waals surface area contributed by atoms with E-state index in [0.717, 1.165) is 44.9 Å². The molecule has 3 saturated heterocycles. The Hall–Kier alpha value is -1.47. The second kappa shape index (κ2) is 55.4.